The molecule has 106 valence electrons. The van der Waals surface area contributed by atoms with Gasteiger partial charge in [-0.15, -0.1) is 15.3 Å². The second-order valence-corrected chi connectivity index (χ2v) is 5.57. The van der Waals surface area contributed by atoms with E-state index in [1.54, 1.807) is 0 Å². The lowest BCUT2D eigenvalue weighted by Crippen LogP contribution is -2.38. The van der Waals surface area contributed by atoms with E-state index in [0.29, 0.717) is 0 Å². The minimum Gasteiger partial charge on any atom is -0.378 e. The molecule has 0 amide bonds. The predicted molar refractivity (Wildman–Crippen MR) is 75.2 cm³/mol. The summed E-state index contributed by atoms with van der Waals surface area (Å²) in [6.07, 6.45) is 4.69. The summed E-state index contributed by atoms with van der Waals surface area (Å²) in [7, 11) is 0. The Kier molecular flexibility index (Phi) is 2.84. The maximum Gasteiger partial charge on any atom is 0.181 e. The molecule has 3 heterocycles. The van der Waals surface area contributed by atoms with Crippen LogP contribution in [0.1, 0.15) is 29.8 Å². The van der Waals surface area contributed by atoms with Gasteiger partial charge in [-0.1, -0.05) is 0 Å². The van der Waals surface area contributed by atoms with Gasteiger partial charge in [0.15, 0.2) is 17.3 Å². The zero-order chi connectivity index (χ0) is 13.5. The van der Waals surface area contributed by atoms with Crippen LogP contribution in [0.3, 0.4) is 0 Å². The average Bonchev–Trinajstić information content (AvgIpc) is 2.89. The second-order valence-electron chi connectivity index (χ2n) is 5.57. The Morgan fingerprint density at radius 3 is 2.55 bits per heavy atom. The molecule has 2 aromatic heterocycles. The lowest BCUT2D eigenvalue weighted by atomic mass is 9.92. The Morgan fingerprint density at radius 2 is 1.75 bits per heavy atom. The fraction of sp³-hybridized carbons (Fsp3) is 0.643. The van der Waals surface area contributed by atoms with Crippen LogP contribution in [0, 0.1) is 6.92 Å². The number of morpholine rings is 1. The second kappa shape index (κ2) is 4.70. The van der Waals surface area contributed by atoms with Crippen molar-refractivity contribution in [2.75, 3.05) is 31.2 Å². The summed E-state index contributed by atoms with van der Waals surface area (Å²) in [5.74, 6) is 1.99. The van der Waals surface area contributed by atoms with Gasteiger partial charge in [-0.3, -0.25) is 0 Å². The van der Waals surface area contributed by atoms with E-state index >= 15 is 0 Å². The molecule has 0 radical (unpaired) electrons. The van der Waals surface area contributed by atoms with E-state index in [0.717, 1.165) is 56.4 Å². The third-order valence-corrected chi connectivity index (χ3v) is 4.31. The van der Waals surface area contributed by atoms with Crippen LogP contribution >= 0.6 is 0 Å². The highest BCUT2D eigenvalue weighted by molar-refractivity contribution is 5.61. The molecular weight excluding hydrogens is 254 g/mol. The van der Waals surface area contributed by atoms with Crippen LogP contribution in [0.2, 0.25) is 0 Å². The van der Waals surface area contributed by atoms with Crippen LogP contribution in [0.15, 0.2) is 0 Å². The molecule has 0 aromatic carbocycles. The summed E-state index contributed by atoms with van der Waals surface area (Å²) in [5.41, 5.74) is 3.70. The minimum absolute atomic E-state index is 0.787. The van der Waals surface area contributed by atoms with Gasteiger partial charge in [-0.05, 0) is 32.6 Å². The lowest BCUT2D eigenvalue weighted by Gasteiger charge is -2.31. The van der Waals surface area contributed by atoms with E-state index in [1.165, 1.54) is 24.0 Å². The first-order valence-electron chi connectivity index (χ1n) is 7.41. The number of anilines is 1. The van der Waals surface area contributed by atoms with Gasteiger partial charge in [0, 0.05) is 24.2 Å². The minimum atomic E-state index is 0.787. The number of rotatable bonds is 1. The number of ether oxygens (including phenoxy) is 1. The quantitative estimate of drug-likeness (QED) is 0.780. The molecule has 1 aliphatic carbocycles. The number of aromatic nitrogens is 4. The van der Waals surface area contributed by atoms with Crippen molar-refractivity contribution in [1.29, 1.82) is 0 Å². The summed E-state index contributed by atoms with van der Waals surface area (Å²) >= 11 is 0. The summed E-state index contributed by atoms with van der Waals surface area (Å²) in [4.78, 5) is 2.35. The maximum atomic E-state index is 5.46. The summed E-state index contributed by atoms with van der Waals surface area (Å²) < 4.78 is 7.37. The number of nitrogens with zero attached hydrogens (tertiary/aromatic N) is 5. The van der Waals surface area contributed by atoms with E-state index < -0.39 is 0 Å². The topological polar surface area (TPSA) is 55.5 Å². The van der Waals surface area contributed by atoms with Crippen LogP contribution in [-0.4, -0.2) is 46.1 Å². The van der Waals surface area contributed by atoms with Gasteiger partial charge in [-0.25, -0.2) is 0 Å². The van der Waals surface area contributed by atoms with Crippen LogP contribution < -0.4 is 4.90 Å². The molecule has 0 spiro atoms. The fourth-order valence-electron chi connectivity index (χ4n) is 3.25. The van der Waals surface area contributed by atoms with E-state index in [1.807, 2.05) is 11.4 Å². The molecule has 0 atom stereocenters. The molecule has 20 heavy (non-hydrogen) atoms. The molecule has 0 N–H and O–H groups in total. The first kappa shape index (κ1) is 12.1. The molecule has 0 bridgehead atoms. The molecule has 2 aromatic rings. The fourth-order valence-corrected chi connectivity index (χ4v) is 3.25. The van der Waals surface area contributed by atoms with Crippen LogP contribution in [0.4, 0.5) is 5.82 Å². The van der Waals surface area contributed by atoms with Crippen molar-refractivity contribution >= 4 is 11.5 Å². The van der Waals surface area contributed by atoms with Gasteiger partial charge in [0.05, 0.1) is 13.2 Å². The smallest absolute Gasteiger partial charge is 0.181 e. The molecule has 2 aliphatic rings. The molecule has 6 nitrogen and oxygen atoms in total. The molecule has 1 saturated heterocycles. The number of hydrogen-bond acceptors (Lipinski definition) is 5. The van der Waals surface area contributed by atoms with Crippen molar-refractivity contribution in [2.45, 2.75) is 32.6 Å². The first-order chi connectivity index (χ1) is 9.84. The van der Waals surface area contributed by atoms with Gasteiger partial charge in [0.1, 0.15) is 0 Å². The van der Waals surface area contributed by atoms with Crippen LogP contribution in [-0.2, 0) is 17.6 Å². The third-order valence-electron chi connectivity index (χ3n) is 4.31. The van der Waals surface area contributed by atoms with Crippen molar-refractivity contribution in [3.05, 3.63) is 17.0 Å². The SMILES string of the molecule is Cc1nnc2c3c(c(N4CCOCC4)nn12)CCCC3. The largest absolute Gasteiger partial charge is 0.378 e. The Hall–Kier alpha value is -1.69. The Bertz CT molecular complexity index is 645. The number of hydrogen-bond donors (Lipinski definition) is 0. The third kappa shape index (κ3) is 1.78. The summed E-state index contributed by atoms with van der Waals surface area (Å²) in [6, 6.07) is 0. The molecule has 6 heteroatoms. The highest BCUT2D eigenvalue weighted by atomic mass is 16.5. The van der Waals surface area contributed by atoms with Gasteiger partial charge < -0.3 is 9.64 Å². The molecule has 1 fully saturated rings. The van der Waals surface area contributed by atoms with Gasteiger partial charge >= 0.3 is 0 Å². The monoisotopic (exact) mass is 273 g/mol. The highest BCUT2D eigenvalue weighted by Crippen LogP contribution is 2.31. The Labute approximate surface area is 117 Å². The van der Waals surface area contributed by atoms with E-state index in [2.05, 4.69) is 15.1 Å². The number of aryl methyl sites for hydroxylation is 2. The van der Waals surface area contributed by atoms with Crippen molar-refractivity contribution in [3.63, 3.8) is 0 Å². The number of fused-ring (bicyclic) bond motifs is 3. The summed E-state index contributed by atoms with van der Waals surface area (Å²) in [5, 5.41) is 13.4. The Morgan fingerprint density at radius 1 is 1.00 bits per heavy atom. The molecule has 1 aliphatic heterocycles. The van der Waals surface area contributed by atoms with Crippen molar-refractivity contribution < 1.29 is 4.74 Å². The van der Waals surface area contributed by atoms with Gasteiger partial charge in [-0.2, -0.15) is 4.52 Å². The first-order valence-corrected chi connectivity index (χ1v) is 7.41. The Balaban J connectivity index is 1.91. The zero-order valence-corrected chi connectivity index (χ0v) is 11.8. The van der Waals surface area contributed by atoms with E-state index in [9.17, 15) is 0 Å². The highest BCUT2D eigenvalue weighted by Gasteiger charge is 2.24. The van der Waals surface area contributed by atoms with Crippen molar-refractivity contribution in [3.8, 4) is 0 Å². The molecule has 0 saturated carbocycles. The normalized spacial score (nSPS) is 19.4. The van der Waals surface area contributed by atoms with Crippen LogP contribution in [0.25, 0.3) is 5.65 Å². The van der Waals surface area contributed by atoms with Crippen molar-refractivity contribution in [2.24, 2.45) is 0 Å². The predicted octanol–water partition coefficient (Wildman–Crippen LogP) is 1.15. The molecular formula is C14H19N5O. The van der Waals surface area contributed by atoms with Gasteiger partial charge in [0.2, 0.25) is 0 Å². The lowest BCUT2D eigenvalue weighted by molar-refractivity contribution is 0.122. The average molecular weight is 273 g/mol. The zero-order valence-electron chi connectivity index (χ0n) is 11.8. The molecule has 0 unspecified atom stereocenters. The van der Waals surface area contributed by atoms with E-state index in [4.69, 9.17) is 9.84 Å². The van der Waals surface area contributed by atoms with Crippen molar-refractivity contribution in [1.82, 2.24) is 19.8 Å². The standard InChI is InChI=1S/C14H19N5O/c1-10-15-16-13-11-4-2-3-5-12(11)14(17-19(10)13)18-6-8-20-9-7-18/h2-9H2,1H3. The van der Waals surface area contributed by atoms with Gasteiger partial charge in [0.25, 0.3) is 0 Å². The van der Waals surface area contributed by atoms with E-state index in [-0.39, 0.29) is 0 Å². The maximum absolute atomic E-state index is 5.46. The summed E-state index contributed by atoms with van der Waals surface area (Å²) in [6.45, 7) is 5.38. The molecule has 4 rings (SSSR count). The van der Waals surface area contributed by atoms with Crippen LogP contribution in [0.5, 0.6) is 0 Å².